The Morgan fingerprint density at radius 2 is 2.29 bits per heavy atom. The van der Waals surface area contributed by atoms with Crippen molar-refractivity contribution in [3.8, 4) is 5.88 Å². The van der Waals surface area contributed by atoms with Gasteiger partial charge in [-0.15, -0.1) is 5.10 Å². The Bertz CT molecular complexity index is 712. The molecule has 0 radical (unpaired) electrons. The second-order valence-corrected chi connectivity index (χ2v) is 6.21. The maximum atomic E-state index is 10.4. The van der Waals surface area contributed by atoms with Crippen LogP contribution in [0.3, 0.4) is 0 Å². The fraction of sp³-hybridized carbons (Fsp3) is 0.615. The first-order valence-corrected chi connectivity index (χ1v) is 7.12. The zero-order chi connectivity index (χ0) is 14.8. The van der Waals surface area contributed by atoms with Gasteiger partial charge in [-0.2, -0.15) is 9.97 Å². The summed E-state index contributed by atoms with van der Waals surface area (Å²) in [7, 11) is 0. The summed E-state index contributed by atoms with van der Waals surface area (Å²) in [6, 6.07) is 0.136. The minimum absolute atomic E-state index is 0.0528. The lowest BCUT2D eigenvalue weighted by Gasteiger charge is -2.44. The second-order valence-electron chi connectivity index (χ2n) is 6.21. The number of nitrogens with two attached hydrogens (primary N) is 1. The first kappa shape index (κ1) is 12.6. The molecular weight excluding hydrogens is 272 g/mol. The summed E-state index contributed by atoms with van der Waals surface area (Å²) in [5.41, 5.74) is 5.62. The minimum atomic E-state index is -0.753. The van der Waals surface area contributed by atoms with Gasteiger partial charge >= 0.3 is 0 Å². The lowest BCUT2D eigenvalue weighted by molar-refractivity contribution is 0.0242. The van der Waals surface area contributed by atoms with Crippen LogP contribution in [0.2, 0.25) is 0 Å². The lowest BCUT2D eigenvalue weighted by atomic mass is 9.88. The van der Waals surface area contributed by atoms with E-state index in [1.807, 2.05) is 13.8 Å². The Labute approximate surface area is 121 Å². The SMILES string of the molecule is CC1Oc2n[nH]c3nc(N)nc(c23)N2C[C@@](C)(O)CC[C@H]12. The number of anilines is 2. The van der Waals surface area contributed by atoms with Crippen LogP contribution >= 0.6 is 0 Å². The summed E-state index contributed by atoms with van der Waals surface area (Å²) < 4.78 is 5.96. The van der Waals surface area contributed by atoms with Crippen LogP contribution in [0.4, 0.5) is 11.8 Å². The van der Waals surface area contributed by atoms with Crippen molar-refractivity contribution in [1.82, 2.24) is 20.2 Å². The summed E-state index contributed by atoms with van der Waals surface area (Å²) in [4.78, 5) is 10.6. The van der Waals surface area contributed by atoms with Gasteiger partial charge in [0.1, 0.15) is 17.3 Å². The molecule has 0 aromatic carbocycles. The van der Waals surface area contributed by atoms with Gasteiger partial charge in [-0.1, -0.05) is 0 Å². The number of aromatic amines is 1. The van der Waals surface area contributed by atoms with Crippen LogP contribution in [0, 0.1) is 0 Å². The number of aromatic nitrogens is 4. The fourth-order valence-corrected chi connectivity index (χ4v) is 3.35. The molecule has 1 saturated heterocycles. The van der Waals surface area contributed by atoms with Crippen LogP contribution < -0.4 is 15.4 Å². The molecule has 2 aliphatic heterocycles. The molecule has 4 rings (SSSR count). The van der Waals surface area contributed by atoms with E-state index in [9.17, 15) is 5.11 Å². The van der Waals surface area contributed by atoms with Crippen LogP contribution in [-0.2, 0) is 0 Å². The van der Waals surface area contributed by atoms with E-state index in [-0.39, 0.29) is 18.1 Å². The molecule has 0 amide bonds. The molecule has 8 nitrogen and oxygen atoms in total. The first-order chi connectivity index (χ1) is 9.94. The number of piperidine rings is 1. The Morgan fingerprint density at radius 1 is 1.48 bits per heavy atom. The van der Waals surface area contributed by atoms with Gasteiger partial charge in [0.2, 0.25) is 11.8 Å². The van der Waals surface area contributed by atoms with Crippen LogP contribution in [0.1, 0.15) is 26.7 Å². The maximum Gasteiger partial charge on any atom is 0.246 e. The number of nitrogens with one attached hydrogen (secondary N) is 1. The van der Waals surface area contributed by atoms with Gasteiger partial charge < -0.3 is 20.5 Å². The summed E-state index contributed by atoms with van der Waals surface area (Å²) in [6.07, 6.45) is 1.51. The molecule has 2 aromatic rings. The van der Waals surface area contributed by atoms with Crippen LogP contribution in [-0.4, -0.2) is 49.6 Å². The number of hydrogen-bond donors (Lipinski definition) is 3. The third kappa shape index (κ3) is 1.82. The van der Waals surface area contributed by atoms with Gasteiger partial charge in [-0.05, 0) is 26.7 Å². The smallest absolute Gasteiger partial charge is 0.246 e. The average Bonchev–Trinajstić information content (AvgIpc) is 2.74. The van der Waals surface area contributed by atoms with Crippen molar-refractivity contribution in [1.29, 1.82) is 0 Å². The normalized spacial score (nSPS) is 31.7. The molecule has 4 N–H and O–H groups in total. The molecule has 0 spiro atoms. The second kappa shape index (κ2) is 3.97. The largest absolute Gasteiger partial charge is 0.471 e. The third-order valence-electron chi connectivity index (χ3n) is 4.39. The summed E-state index contributed by atoms with van der Waals surface area (Å²) in [5, 5.41) is 18.2. The first-order valence-electron chi connectivity index (χ1n) is 7.12. The molecule has 8 heteroatoms. The molecule has 2 aromatic heterocycles. The van der Waals surface area contributed by atoms with E-state index in [1.54, 1.807) is 0 Å². The van der Waals surface area contributed by atoms with Crippen molar-refractivity contribution in [2.75, 3.05) is 17.2 Å². The fourth-order valence-electron chi connectivity index (χ4n) is 3.35. The Hall–Kier alpha value is -2.09. The van der Waals surface area contributed by atoms with E-state index in [4.69, 9.17) is 10.5 Å². The van der Waals surface area contributed by atoms with Gasteiger partial charge in [-0.3, -0.25) is 5.10 Å². The quantitative estimate of drug-likeness (QED) is 0.645. The van der Waals surface area contributed by atoms with Gasteiger partial charge in [0.05, 0.1) is 11.6 Å². The lowest BCUT2D eigenvalue weighted by Crippen LogP contribution is -2.55. The number of nitrogens with zero attached hydrogens (tertiary/aromatic N) is 4. The van der Waals surface area contributed by atoms with E-state index in [2.05, 4.69) is 25.1 Å². The van der Waals surface area contributed by atoms with Crippen molar-refractivity contribution in [3.63, 3.8) is 0 Å². The Morgan fingerprint density at radius 3 is 3.10 bits per heavy atom. The molecule has 2 aliphatic rings. The standard InChI is InChI=1S/C13H18N6O2/c1-6-7-3-4-13(2,20)5-19(7)10-8-9(15-12(14)16-10)17-18-11(8)21-6/h6-7,20H,3-5H2,1-2H3,(H3,14,15,16,17,18)/t6?,7-,13+/m1/s1. The molecule has 0 aliphatic carbocycles. The molecule has 1 unspecified atom stereocenters. The highest BCUT2D eigenvalue weighted by Gasteiger charge is 2.42. The van der Waals surface area contributed by atoms with Crippen molar-refractivity contribution < 1.29 is 9.84 Å². The van der Waals surface area contributed by atoms with Gasteiger partial charge in [-0.25, -0.2) is 0 Å². The van der Waals surface area contributed by atoms with Crippen molar-refractivity contribution in [3.05, 3.63) is 0 Å². The summed E-state index contributed by atoms with van der Waals surface area (Å²) in [6.45, 7) is 4.35. The number of aliphatic hydroxyl groups is 1. The number of nitrogen functional groups attached to an aromatic ring is 1. The Kier molecular flexibility index (Phi) is 2.39. The van der Waals surface area contributed by atoms with Gasteiger partial charge in [0.15, 0.2) is 5.65 Å². The van der Waals surface area contributed by atoms with E-state index >= 15 is 0 Å². The molecule has 0 saturated carbocycles. The highest BCUT2D eigenvalue weighted by molar-refractivity contribution is 5.93. The number of rotatable bonds is 0. The average molecular weight is 290 g/mol. The zero-order valence-electron chi connectivity index (χ0n) is 12.0. The highest BCUT2D eigenvalue weighted by atomic mass is 16.5. The predicted molar refractivity (Wildman–Crippen MR) is 77.2 cm³/mol. The summed E-state index contributed by atoms with van der Waals surface area (Å²) in [5.74, 6) is 1.38. The molecule has 21 heavy (non-hydrogen) atoms. The van der Waals surface area contributed by atoms with E-state index in [0.717, 1.165) is 18.2 Å². The van der Waals surface area contributed by atoms with E-state index in [0.29, 0.717) is 23.9 Å². The predicted octanol–water partition coefficient (Wildman–Crippen LogP) is 0.436. The van der Waals surface area contributed by atoms with Crippen LogP contribution in [0.15, 0.2) is 0 Å². The molecule has 3 atom stereocenters. The number of ether oxygens (including phenoxy) is 1. The number of hydrogen-bond acceptors (Lipinski definition) is 7. The summed E-state index contributed by atoms with van der Waals surface area (Å²) >= 11 is 0. The molecular formula is C13H18N6O2. The Balaban J connectivity index is 1.95. The molecule has 4 heterocycles. The third-order valence-corrected chi connectivity index (χ3v) is 4.39. The number of fused-ring (bicyclic) bond motifs is 2. The number of H-pyrrole nitrogens is 1. The maximum absolute atomic E-state index is 10.4. The topological polar surface area (TPSA) is 113 Å². The highest BCUT2D eigenvalue weighted by Crippen LogP contribution is 2.40. The van der Waals surface area contributed by atoms with Gasteiger partial charge in [0, 0.05) is 6.54 Å². The van der Waals surface area contributed by atoms with Crippen molar-refractivity contribution in [2.45, 2.75) is 44.4 Å². The van der Waals surface area contributed by atoms with Crippen molar-refractivity contribution >= 4 is 22.8 Å². The van der Waals surface area contributed by atoms with E-state index in [1.165, 1.54) is 0 Å². The van der Waals surface area contributed by atoms with Crippen LogP contribution in [0.5, 0.6) is 5.88 Å². The van der Waals surface area contributed by atoms with Gasteiger partial charge in [0.25, 0.3) is 0 Å². The van der Waals surface area contributed by atoms with E-state index < -0.39 is 5.60 Å². The van der Waals surface area contributed by atoms with Crippen LogP contribution in [0.25, 0.3) is 11.0 Å². The monoisotopic (exact) mass is 290 g/mol. The molecule has 1 fully saturated rings. The zero-order valence-corrected chi connectivity index (χ0v) is 12.0. The van der Waals surface area contributed by atoms with Crippen molar-refractivity contribution in [2.24, 2.45) is 0 Å². The molecule has 112 valence electrons. The minimum Gasteiger partial charge on any atom is -0.471 e. The molecule has 0 bridgehead atoms.